The summed E-state index contributed by atoms with van der Waals surface area (Å²) in [4.78, 5) is 26.8. The Kier molecular flexibility index (Phi) is 3.56. The minimum Gasteiger partial charge on any atom is -0.369 e. The second kappa shape index (κ2) is 5.06. The first-order valence-electron chi connectivity index (χ1n) is 6.36. The van der Waals surface area contributed by atoms with Gasteiger partial charge in [0.25, 0.3) is 0 Å². The van der Waals surface area contributed by atoms with E-state index in [4.69, 9.17) is 12.2 Å². The summed E-state index contributed by atoms with van der Waals surface area (Å²) in [5.41, 5.74) is 4.94. The Morgan fingerprint density at radius 2 is 2.10 bits per heavy atom. The molecule has 1 heterocycles. The zero-order valence-corrected chi connectivity index (χ0v) is 11.7. The number of terminal acetylenes is 1. The second-order valence-corrected chi connectivity index (χ2v) is 5.48. The molecule has 0 bridgehead atoms. The molecule has 0 saturated heterocycles. The molecule has 0 fully saturated rings. The molecule has 108 valence electrons. The van der Waals surface area contributed by atoms with Crippen molar-refractivity contribution in [3.63, 3.8) is 0 Å². The average Bonchev–Trinajstić information content (AvgIpc) is 2.39. The molecule has 3 N–H and O–H groups in total. The van der Waals surface area contributed by atoms with Crippen LogP contribution in [0.5, 0.6) is 0 Å². The van der Waals surface area contributed by atoms with Crippen molar-refractivity contribution in [2.24, 2.45) is 11.1 Å². The number of carbonyl (C=O) groups excluding carboxylic acids is 1. The minimum absolute atomic E-state index is 0.209. The predicted octanol–water partition coefficient (Wildman–Crippen LogP) is 1.90. The Balaban J connectivity index is 2.72. The van der Waals surface area contributed by atoms with E-state index in [1.54, 1.807) is 13.8 Å². The lowest BCUT2D eigenvalue weighted by atomic mass is 9.77. The van der Waals surface area contributed by atoms with Crippen molar-refractivity contribution in [1.82, 2.24) is 4.98 Å². The zero-order chi connectivity index (χ0) is 15.8. The number of aromatic nitrogens is 1. The number of primary amides is 1. The minimum atomic E-state index is -0.859. The van der Waals surface area contributed by atoms with E-state index in [1.807, 2.05) is 0 Å². The topological polar surface area (TPSA) is 76.0 Å². The maximum absolute atomic E-state index is 13.2. The molecule has 5 heteroatoms. The summed E-state index contributed by atoms with van der Waals surface area (Å²) in [7, 11) is 0. The fourth-order valence-electron chi connectivity index (χ4n) is 2.38. The second-order valence-electron chi connectivity index (χ2n) is 5.48. The van der Waals surface area contributed by atoms with Gasteiger partial charge in [-0.3, -0.25) is 9.59 Å². The van der Waals surface area contributed by atoms with E-state index >= 15 is 0 Å². The summed E-state index contributed by atoms with van der Waals surface area (Å²) in [6.07, 6.45) is 5.45. The third kappa shape index (κ3) is 2.65. The van der Waals surface area contributed by atoms with E-state index in [-0.39, 0.29) is 5.39 Å². The van der Waals surface area contributed by atoms with E-state index in [0.29, 0.717) is 11.2 Å². The van der Waals surface area contributed by atoms with Crippen LogP contribution in [0, 0.1) is 23.6 Å². The number of rotatable bonds is 3. The first-order chi connectivity index (χ1) is 9.76. The Morgan fingerprint density at radius 1 is 1.43 bits per heavy atom. The zero-order valence-electron chi connectivity index (χ0n) is 11.7. The number of carbonyl (C=O) groups is 1. The Bertz CT molecular complexity index is 815. The number of halogens is 1. The molecule has 1 aromatic carbocycles. The molecule has 1 atom stereocenters. The number of amides is 1. The molecule has 0 spiro atoms. The van der Waals surface area contributed by atoms with Gasteiger partial charge in [0.05, 0.1) is 5.92 Å². The summed E-state index contributed by atoms with van der Waals surface area (Å²) in [5.74, 6) is 0.539. The predicted molar refractivity (Wildman–Crippen MR) is 79.1 cm³/mol. The van der Waals surface area contributed by atoms with Crippen LogP contribution in [0.2, 0.25) is 0 Å². The number of benzene rings is 1. The SMILES string of the molecule is C#CC(C)(C)[C@H](C(N)=O)c1cc(=O)c2cc(F)ccc2[nH]1. The van der Waals surface area contributed by atoms with Gasteiger partial charge in [-0.15, -0.1) is 6.42 Å². The standard InChI is InChI=1S/C16H15FN2O2/c1-4-16(2,3)14(15(18)21)12-8-13(20)10-7-9(17)5-6-11(10)19-12/h1,5-8,14H,2-3H3,(H2,18,21)(H,19,20)/t14-/m0/s1. The van der Waals surface area contributed by atoms with Crippen molar-refractivity contribution in [2.75, 3.05) is 0 Å². The monoisotopic (exact) mass is 286 g/mol. The van der Waals surface area contributed by atoms with Crippen LogP contribution < -0.4 is 11.2 Å². The number of H-pyrrole nitrogens is 1. The van der Waals surface area contributed by atoms with Gasteiger partial charge in [0.2, 0.25) is 5.91 Å². The highest BCUT2D eigenvalue weighted by Crippen LogP contribution is 2.33. The third-order valence-corrected chi connectivity index (χ3v) is 3.50. The molecule has 0 aliphatic heterocycles. The number of hydrogen-bond acceptors (Lipinski definition) is 2. The van der Waals surface area contributed by atoms with E-state index < -0.39 is 28.5 Å². The van der Waals surface area contributed by atoms with Crippen molar-refractivity contribution in [3.05, 3.63) is 46.0 Å². The number of nitrogens with one attached hydrogen (secondary N) is 1. The van der Waals surface area contributed by atoms with E-state index in [2.05, 4.69) is 10.9 Å². The Hall–Kier alpha value is -2.61. The average molecular weight is 286 g/mol. The molecule has 4 nitrogen and oxygen atoms in total. The molecule has 21 heavy (non-hydrogen) atoms. The number of nitrogens with two attached hydrogens (primary N) is 1. The summed E-state index contributed by atoms with van der Waals surface area (Å²) < 4.78 is 13.2. The summed E-state index contributed by atoms with van der Waals surface area (Å²) in [5, 5.41) is 0.209. The first-order valence-corrected chi connectivity index (χ1v) is 6.36. The van der Waals surface area contributed by atoms with Crippen molar-refractivity contribution >= 4 is 16.8 Å². The smallest absolute Gasteiger partial charge is 0.228 e. The number of hydrogen-bond donors (Lipinski definition) is 2. The largest absolute Gasteiger partial charge is 0.369 e. The number of aromatic amines is 1. The summed E-state index contributed by atoms with van der Waals surface area (Å²) in [6, 6.07) is 5.06. The van der Waals surface area contributed by atoms with Crippen molar-refractivity contribution < 1.29 is 9.18 Å². The molecular formula is C16H15FN2O2. The third-order valence-electron chi connectivity index (χ3n) is 3.50. The van der Waals surface area contributed by atoms with Crippen LogP contribution in [0.3, 0.4) is 0 Å². The highest BCUT2D eigenvalue weighted by atomic mass is 19.1. The lowest BCUT2D eigenvalue weighted by Crippen LogP contribution is -2.34. The van der Waals surface area contributed by atoms with Crippen LogP contribution in [0.1, 0.15) is 25.5 Å². The van der Waals surface area contributed by atoms with Gasteiger partial charge >= 0.3 is 0 Å². The molecule has 0 saturated carbocycles. The van der Waals surface area contributed by atoms with Crippen LogP contribution in [0.25, 0.3) is 10.9 Å². The summed E-state index contributed by atoms with van der Waals surface area (Å²) in [6.45, 7) is 3.38. The molecule has 2 rings (SSSR count). The van der Waals surface area contributed by atoms with Gasteiger partial charge in [0, 0.05) is 28.1 Å². The molecule has 0 aliphatic rings. The van der Waals surface area contributed by atoms with Crippen LogP contribution in [0.15, 0.2) is 29.1 Å². The highest BCUT2D eigenvalue weighted by molar-refractivity contribution is 5.85. The lowest BCUT2D eigenvalue weighted by molar-refractivity contribution is -0.121. The molecule has 1 amide bonds. The maximum Gasteiger partial charge on any atom is 0.228 e. The Labute approximate surface area is 121 Å². The van der Waals surface area contributed by atoms with Gasteiger partial charge in [0.15, 0.2) is 5.43 Å². The van der Waals surface area contributed by atoms with Gasteiger partial charge in [-0.25, -0.2) is 4.39 Å². The fraction of sp³-hybridized carbons (Fsp3) is 0.250. The summed E-state index contributed by atoms with van der Waals surface area (Å²) >= 11 is 0. The Morgan fingerprint density at radius 3 is 2.67 bits per heavy atom. The van der Waals surface area contributed by atoms with Gasteiger partial charge in [0.1, 0.15) is 5.82 Å². The van der Waals surface area contributed by atoms with Gasteiger partial charge in [-0.2, -0.15) is 0 Å². The van der Waals surface area contributed by atoms with E-state index in [1.165, 1.54) is 18.2 Å². The molecular weight excluding hydrogens is 271 g/mol. The van der Waals surface area contributed by atoms with Crippen LogP contribution in [0.4, 0.5) is 4.39 Å². The van der Waals surface area contributed by atoms with Crippen molar-refractivity contribution in [2.45, 2.75) is 19.8 Å². The van der Waals surface area contributed by atoms with Crippen LogP contribution >= 0.6 is 0 Å². The molecule has 0 aliphatic carbocycles. The van der Waals surface area contributed by atoms with E-state index in [0.717, 1.165) is 6.07 Å². The number of pyridine rings is 1. The molecule has 0 unspecified atom stereocenters. The van der Waals surface area contributed by atoms with Gasteiger partial charge in [-0.05, 0) is 32.0 Å². The quantitative estimate of drug-likeness (QED) is 0.845. The highest BCUT2D eigenvalue weighted by Gasteiger charge is 2.34. The van der Waals surface area contributed by atoms with Crippen LogP contribution in [-0.4, -0.2) is 10.9 Å². The van der Waals surface area contributed by atoms with Crippen molar-refractivity contribution in [1.29, 1.82) is 0 Å². The molecule has 1 aromatic heterocycles. The number of fused-ring (bicyclic) bond motifs is 1. The van der Waals surface area contributed by atoms with E-state index in [9.17, 15) is 14.0 Å². The maximum atomic E-state index is 13.2. The molecule has 0 radical (unpaired) electrons. The van der Waals surface area contributed by atoms with Gasteiger partial charge < -0.3 is 10.7 Å². The molecule has 2 aromatic rings. The van der Waals surface area contributed by atoms with Gasteiger partial charge in [-0.1, -0.05) is 5.92 Å². The van der Waals surface area contributed by atoms with Crippen LogP contribution in [-0.2, 0) is 4.79 Å². The first kappa shape index (κ1) is 14.8. The van der Waals surface area contributed by atoms with Crippen molar-refractivity contribution in [3.8, 4) is 12.3 Å². The normalized spacial score (nSPS) is 12.9. The fourth-order valence-corrected chi connectivity index (χ4v) is 2.38. The lowest BCUT2D eigenvalue weighted by Gasteiger charge is -2.27.